The van der Waals surface area contributed by atoms with Gasteiger partial charge in [0.25, 0.3) is 0 Å². The third kappa shape index (κ3) is 6.84. The van der Waals surface area contributed by atoms with E-state index in [1.807, 2.05) is 19.9 Å². The van der Waals surface area contributed by atoms with Crippen molar-refractivity contribution in [3.8, 4) is 11.5 Å². The molecule has 0 radical (unpaired) electrons. The summed E-state index contributed by atoms with van der Waals surface area (Å²) in [4.78, 5) is 12.2. The topological polar surface area (TPSA) is 107 Å². The van der Waals surface area contributed by atoms with Gasteiger partial charge in [0.2, 0.25) is 0 Å². The number of esters is 1. The number of cyclic esters (lactones) is 1. The summed E-state index contributed by atoms with van der Waals surface area (Å²) in [5.41, 5.74) is 2.72. The van der Waals surface area contributed by atoms with Gasteiger partial charge in [-0.3, -0.25) is 0 Å². The Balaban J connectivity index is 1.99. The molecule has 172 valence electrons. The molecule has 2 rings (SSSR count). The molecule has 0 fully saturated rings. The van der Waals surface area contributed by atoms with Gasteiger partial charge in [-0.1, -0.05) is 23.3 Å². The quantitative estimate of drug-likeness (QED) is 0.342. The van der Waals surface area contributed by atoms with Crippen LogP contribution in [-0.2, 0) is 17.6 Å². The number of hydrogen-bond donors (Lipinski definition) is 4. The van der Waals surface area contributed by atoms with Crippen LogP contribution in [0.25, 0.3) is 0 Å². The van der Waals surface area contributed by atoms with Crippen LogP contribution in [0.2, 0.25) is 0 Å². The third-order valence-electron chi connectivity index (χ3n) is 5.82. The average molecular weight is 433 g/mol. The number of aliphatic hydroxyl groups excluding tert-OH is 1. The number of carbonyl (C=O) groups excluding carboxylic acids is 1. The maximum Gasteiger partial charge on any atom is 0.342 e. The van der Waals surface area contributed by atoms with Gasteiger partial charge in [-0.05, 0) is 72.3 Å². The molecule has 6 nitrogen and oxygen atoms in total. The second kappa shape index (κ2) is 10.3. The fourth-order valence-corrected chi connectivity index (χ4v) is 3.74. The second-order valence-corrected chi connectivity index (χ2v) is 9.22. The fraction of sp³-hybridized carbons (Fsp3) is 0.560. The van der Waals surface area contributed by atoms with Crippen molar-refractivity contribution >= 4 is 5.97 Å². The Kier molecular flexibility index (Phi) is 8.32. The number of carbonyl (C=O) groups is 1. The lowest BCUT2D eigenvalue weighted by Gasteiger charge is -2.25. The second-order valence-electron chi connectivity index (χ2n) is 9.22. The highest BCUT2D eigenvalue weighted by Crippen LogP contribution is 2.37. The van der Waals surface area contributed by atoms with Crippen molar-refractivity contribution in [1.82, 2.24) is 0 Å². The van der Waals surface area contributed by atoms with Crippen molar-refractivity contribution in [2.24, 2.45) is 0 Å². The number of rotatable bonds is 9. The first kappa shape index (κ1) is 25.0. The molecular weight excluding hydrogens is 396 g/mol. The molecule has 1 aromatic carbocycles. The normalized spacial score (nSPS) is 18.5. The predicted octanol–water partition coefficient (Wildman–Crippen LogP) is 4.33. The van der Waals surface area contributed by atoms with Crippen LogP contribution in [0, 0.1) is 0 Å². The van der Waals surface area contributed by atoms with Gasteiger partial charge in [0.15, 0.2) is 0 Å². The number of aliphatic hydroxyl groups is 2. The molecule has 1 aromatic rings. The van der Waals surface area contributed by atoms with Gasteiger partial charge in [0.05, 0.1) is 11.7 Å². The smallest absolute Gasteiger partial charge is 0.342 e. The first-order valence-electron chi connectivity index (χ1n) is 10.9. The lowest BCUT2D eigenvalue weighted by atomic mass is 9.90. The minimum Gasteiger partial charge on any atom is -0.508 e. The monoisotopic (exact) mass is 432 g/mol. The van der Waals surface area contributed by atoms with Crippen LogP contribution < -0.4 is 0 Å². The van der Waals surface area contributed by atoms with E-state index in [0.29, 0.717) is 30.4 Å². The van der Waals surface area contributed by atoms with Gasteiger partial charge in [-0.25, -0.2) is 4.79 Å². The molecule has 2 atom stereocenters. The number of benzene rings is 1. The number of phenolic OH excluding ortho intramolecular Hbond substituents is 2. The van der Waals surface area contributed by atoms with E-state index in [2.05, 4.69) is 6.08 Å². The summed E-state index contributed by atoms with van der Waals surface area (Å²) >= 11 is 0. The third-order valence-corrected chi connectivity index (χ3v) is 5.82. The van der Waals surface area contributed by atoms with E-state index in [1.165, 1.54) is 11.6 Å². The Bertz CT molecular complexity index is 860. The SMILES string of the molecule is CC(=CCc1c(O)cc(O)c2c1C[C@@H](C)OC2=O)CCC=C(C)CCC(O)C(C)(C)O. The molecule has 0 saturated carbocycles. The first-order valence-corrected chi connectivity index (χ1v) is 10.9. The Morgan fingerprint density at radius 2 is 1.84 bits per heavy atom. The van der Waals surface area contributed by atoms with Crippen molar-refractivity contribution in [1.29, 1.82) is 0 Å². The summed E-state index contributed by atoms with van der Waals surface area (Å²) in [6.45, 7) is 9.07. The molecule has 1 heterocycles. The largest absolute Gasteiger partial charge is 0.508 e. The Hall–Kier alpha value is -2.31. The fourth-order valence-electron chi connectivity index (χ4n) is 3.74. The van der Waals surface area contributed by atoms with Crippen LogP contribution in [0.5, 0.6) is 11.5 Å². The number of phenols is 2. The average Bonchev–Trinajstić information content (AvgIpc) is 2.64. The molecule has 1 unspecified atom stereocenters. The number of hydrogen-bond acceptors (Lipinski definition) is 6. The van der Waals surface area contributed by atoms with Gasteiger partial charge >= 0.3 is 5.97 Å². The zero-order valence-corrected chi connectivity index (χ0v) is 19.2. The zero-order chi connectivity index (χ0) is 23.3. The van der Waals surface area contributed by atoms with Crippen LogP contribution >= 0.6 is 0 Å². The molecule has 0 aliphatic carbocycles. The highest BCUT2D eigenvalue weighted by Gasteiger charge is 2.30. The Labute approximate surface area is 184 Å². The molecule has 31 heavy (non-hydrogen) atoms. The van der Waals surface area contributed by atoms with E-state index in [0.717, 1.165) is 24.8 Å². The van der Waals surface area contributed by atoms with Crippen molar-refractivity contribution < 1.29 is 30.0 Å². The summed E-state index contributed by atoms with van der Waals surface area (Å²) < 4.78 is 5.21. The van der Waals surface area contributed by atoms with Crippen LogP contribution in [0.4, 0.5) is 0 Å². The Morgan fingerprint density at radius 1 is 1.19 bits per heavy atom. The predicted molar refractivity (Wildman–Crippen MR) is 120 cm³/mol. The number of ether oxygens (including phenoxy) is 1. The van der Waals surface area contributed by atoms with Gasteiger partial charge in [-0.2, -0.15) is 0 Å². The molecule has 1 aliphatic rings. The highest BCUT2D eigenvalue weighted by molar-refractivity contribution is 5.96. The molecule has 0 amide bonds. The molecule has 0 bridgehead atoms. The molecule has 0 spiro atoms. The van der Waals surface area contributed by atoms with E-state index < -0.39 is 17.7 Å². The van der Waals surface area contributed by atoms with Gasteiger partial charge < -0.3 is 25.2 Å². The molecule has 4 N–H and O–H groups in total. The van der Waals surface area contributed by atoms with Gasteiger partial charge in [0.1, 0.15) is 23.2 Å². The van der Waals surface area contributed by atoms with Crippen molar-refractivity contribution in [2.45, 2.75) is 91.0 Å². The minimum atomic E-state index is -1.09. The Morgan fingerprint density at radius 3 is 2.48 bits per heavy atom. The number of fused-ring (bicyclic) bond motifs is 1. The van der Waals surface area contributed by atoms with E-state index >= 15 is 0 Å². The highest BCUT2D eigenvalue weighted by atomic mass is 16.5. The van der Waals surface area contributed by atoms with Crippen LogP contribution in [0.15, 0.2) is 29.4 Å². The van der Waals surface area contributed by atoms with E-state index in [-0.39, 0.29) is 23.2 Å². The lowest BCUT2D eigenvalue weighted by molar-refractivity contribution is -0.0509. The zero-order valence-electron chi connectivity index (χ0n) is 19.2. The van der Waals surface area contributed by atoms with E-state index in [9.17, 15) is 25.2 Å². The lowest BCUT2D eigenvalue weighted by Crippen LogP contribution is -2.35. The maximum atomic E-state index is 12.2. The van der Waals surface area contributed by atoms with Crippen molar-refractivity contribution in [2.75, 3.05) is 0 Å². The summed E-state index contributed by atoms with van der Waals surface area (Å²) in [6, 6.07) is 1.21. The van der Waals surface area contributed by atoms with Crippen LogP contribution in [0.3, 0.4) is 0 Å². The minimum absolute atomic E-state index is 0.0108. The molecule has 0 saturated heterocycles. The van der Waals surface area contributed by atoms with Crippen molar-refractivity contribution in [3.05, 3.63) is 46.1 Å². The van der Waals surface area contributed by atoms with Crippen LogP contribution in [-0.4, -0.2) is 44.2 Å². The summed E-state index contributed by atoms with van der Waals surface area (Å²) in [5.74, 6) is -0.809. The molecule has 0 aromatic heterocycles. The summed E-state index contributed by atoms with van der Waals surface area (Å²) in [7, 11) is 0. The standard InChI is InChI=1S/C25H36O6/c1-15(7-6-8-16(2)10-12-22(28)25(4,5)30)9-11-18-19-13-17(3)31-24(29)23(19)21(27)14-20(18)26/h8-9,14,17,22,26-28,30H,6-7,10-13H2,1-5H3/t17-,22?/m1/s1. The van der Waals surface area contributed by atoms with Gasteiger partial charge in [-0.15, -0.1) is 0 Å². The van der Waals surface area contributed by atoms with E-state index in [4.69, 9.17) is 4.74 Å². The van der Waals surface area contributed by atoms with E-state index in [1.54, 1.807) is 20.8 Å². The molecular formula is C25H36O6. The summed E-state index contributed by atoms with van der Waals surface area (Å²) in [6.07, 6.45) is 7.03. The maximum absolute atomic E-state index is 12.2. The summed E-state index contributed by atoms with van der Waals surface area (Å²) in [5, 5.41) is 40.2. The van der Waals surface area contributed by atoms with Crippen LogP contribution in [0.1, 0.15) is 81.8 Å². The first-order chi connectivity index (χ1) is 14.4. The van der Waals surface area contributed by atoms with Gasteiger partial charge in [0, 0.05) is 18.1 Å². The molecule has 1 aliphatic heterocycles. The number of aromatic hydroxyl groups is 2. The number of allylic oxidation sites excluding steroid dienone is 4. The van der Waals surface area contributed by atoms with Crippen molar-refractivity contribution in [3.63, 3.8) is 0 Å². The molecule has 6 heteroatoms.